The molecule has 5 heteroatoms. The second-order valence-corrected chi connectivity index (χ2v) is 6.08. The van der Waals surface area contributed by atoms with E-state index in [1.54, 1.807) is 72.8 Å². The lowest BCUT2D eigenvalue weighted by molar-refractivity contribution is 0.0124. The molecule has 0 aromatic heterocycles. The quantitative estimate of drug-likeness (QED) is 0.413. The van der Waals surface area contributed by atoms with Gasteiger partial charge in [-0.15, -0.1) is 0 Å². The average molecular weight is 373 g/mol. The third-order valence-electron chi connectivity index (χ3n) is 3.39. The van der Waals surface area contributed by atoms with Gasteiger partial charge in [0.15, 0.2) is 0 Å². The van der Waals surface area contributed by atoms with Crippen LogP contribution in [0.15, 0.2) is 78.9 Å². The van der Waals surface area contributed by atoms with Crippen molar-refractivity contribution < 1.29 is 14.3 Å². The van der Waals surface area contributed by atoms with Gasteiger partial charge in [-0.05, 0) is 48.5 Å². The Labute approximate surface area is 155 Å². The van der Waals surface area contributed by atoms with Crippen molar-refractivity contribution in [2.45, 2.75) is 6.29 Å². The Balaban J connectivity index is 1.85. The van der Waals surface area contributed by atoms with Crippen molar-refractivity contribution in [3.8, 4) is 11.5 Å². The predicted molar refractivity (Wildman–Crippen MR) is 98.7 cm³/mol. The van der Waals surface area contributed by atoms with Gasteiger partial charge < -0.3 is 9.47 Å². The lowest BCUT2D eigenvalue weighted by atomic mass is 10.1. The molecule has 0 atom stereocenters. The minimum Gasteiger partial charge on any atom is -0.448 e. The Morgan fingerprint density at radius 1 is 0.680 bits per heavy atom. The van der Waals surface area contributed by atoms with Crippen LogP contribution in [-0.2, 0) is 0 Å². The summed E-state index contributed by atoms with van der Waals surface area (Å²) in [5, 5.41) is 1.16. The first-order valence-electron chi connectivity index (χ1n) is 7.55. The van der Waals surface area contributed by atoms with Crippen molar-refractivity contribution in [2.24, 2.45) is 0 Å². The van der Waals surface area contributed by atoms with Crippen LogP contribution in [0.4, 0.5) is 0 Å². The summed E-state index contributed by atoms with van der Waals surface area (Å²) < 4.78 is 11.5. The zero-order valence-electron chi connectivity index (χ0n) is 13.1. The highest BCUT2D eigenvalue weighted by molar-refractivity contribution is 6.30. The molecule has 0 aliphatic rings. The second kappa shape index (κ2) is 8.06. The van der Waals surface area contributed by atoms with Crippen LogP contribution in [0.25, 0.3) is 0 Å². The van der Waals surface area contributed by atoms with E-state index in [9.17, 15) is 4.79 Å². The zero-order valence-corrected chi connectivity index (χ0v) is 14.6. The van der Waals surface area contributed by atoms with Gasteiger partial charge in [0, 0.05) is 15.6 Å². The van der Waals surface area contributed by atoms with E-state index < -0.39 is 6.29 Å². The van der Waals surface area contributed by atoms with Gasteiger partial charge in [0.05, 0.1) is 0 Å². The number of halogens is 2. The molecule has 0 aliphatic heterocycles. The molecule has 25 heavy (non-hydrogen) atoms. The molecule has 0 N–H and O–H groups in total. The van der Waals surface area contributed by atoms with Gasteiger partial charge in [-0.3, -0.25) is 4.79 Å². The fraction of sp³-hybridized carbons (Fsp3) is 0.0500. The van der Waals surface area contributed by atoms with E-state index in [0.717, 1.165) is 0 Å². The van der Waals surface area contributed by atoms with E-state index in [0.29, 0.717) is 27.1 Å². The van der Waals surface area contributed by atoms with Crippen LogP contribution >= 0.6 is 23.2 Å². The van der Waals surface area contributed by atoms with Gasteiger partial charge in [0.1, 0.15) is 11.5 Å². The molecule has 0 radical (unpaired) electrons. The van der Waals surface area contributed by atoms with E-state index in [1.165, 1.54) is 0 Å². The molecule has 0 saturated carbocycles. The molecule has 0 bridgehead atoms. The Kier molecular flexibility index (Phi) is 5.59. The van der Waals surface area contributed by atoms with Crippen molar-refractivity contribution in [1.82, 2.24) is 0 Å². The molecule has 3 rings (SSSR count). The smallest absolute Gasteiger partial charge is 0.305 e. The maximum Gasteiger partial charge on any atom is 0.305 e. The summed E-state index contributed by atoms with van der Waals surface area (Å²) in [5.41, 5.74) is 0.496. The van der Waals surface area contributed by atoms with Crippen LogP contribution in [0.3, 0.4) is 0 Å². The SMILES string of the molecule is O=C(c1ccccc1)C(Oc1ccc(Cl)cc1)Oc1ccc(Cl)cc1. The first-order chi connectivity index (χ1) is 12.1. The van der Waals surface area contributed by atoms with Crippen molar-refractivity contribution >= 4 is 29.0 Å². The van der Waals surface area contributed by atoms with Crippen LogP contribution in [0.5, 0.6) is 11.5 Å². The number of hydrogen-bond acceptors (Lipinski definition) is 3. The van der Waals surface area contributed by atoms with Crippen molar-refractivity contribution in [1.29, 1.82) is 0 Å². The minimum atomic E-state index is -1.13. The van der Waals surface area contributed by atoms with Crippen LogP contribution in [0.2, 0.25) is 10.0 Å². The molecule has 3 nitrogen and oxygen atoms in total. The van der Waals surface area contributed by atoms with E-state index in [-0.39, 0.29) is 5.78 Å². The minimum absolute atomic E-state index is 0.287. The Morgan fingerprint density at radius 2 is 1.12 bits per heavy atom. The molecule has 3 aromatic rings. The molecule has 0 spiro atoms. The summed E-state index contributed by atoms with van der Waals surface area (Å²) in [6, 6.07) is 22.3. The molecule has 126 valence electrons. The number of Topliss-reactive ketones (excluding diaryl/α,β-unsaturated/α-hetero) is 1. The molecule has 0 unspecified atom stereocenters. The summed E-state index contributed by atoms with van der Waals surface area (Å²) in [6.45, 7) is 0. The van der Waals surface area contributed by atoms with Gasteiger partial charge in [-0.25, -0.2) is 0 Å². The molecule has 0 aliphatic carbocycles. The normalized spacial score (nSPS) is 10.5. The van der Waals surface area contributed by atoms with Gasteiger partial charge in [-0.2, -0.15) is 0 Å². The summed E-state index contributed by atoms with van der Waals surface area (Å²) >= 11 is 11.8. The highest BCUT2D eigenvalue weighted by Crippen LogP contribution is 2.22. The molecular weight excluding hydrogens is 359 g/mol. The zero-order chi connectivity index (χ0) is 17.6. The Bertz CT molecular complexity index is 784. The van der Waals surface area contributed by atoms with Crippen molar-refractivity contribution in [3.05, 3.63) is 94.5 Å². The van der Waals surface area contributed by atoms with Gasteiger partial charge in [0.25, 0.3) is 0 Å². The number of carbonyl (C=O) groups is 1. The predicted octanol–water partition coefficient (Wildman–Crippen LogP) is 5.66. The summed E-state index contributed by atoms with van der Waals surface area (Å²) in [6.07, 6.45) is -1.13. The number of benzene rings is 3. The largest absolute Gasteiger partial charge is 0.448 e. The fourth-order valence-electron chi connectivity index (χ4n) is 2.14. The van der Waals surface area contributed by atoms with Gasteiger partial charge in [0.2, 0.25) is 5.78 Å². The molecule has 3 aromatic carbocycles. The molecule has 0 heterocycles. The Hall–Kier alpha value is -2.49. The van der Waals surface area contributed by atoms with Gasteiger partial charge in [-0.1, -0.05) is 53.5 Å². The first-order valence-corrected chi connectivity index (χ1v) is 8.31. The van der Waals surface area contributed by atoms with Crippen LogP contribution < -0.4 is 9.47 Å². The maximum atomic E-state index is 12.8. The van der Waals surface area contributed by atoms with Crippen molar-refractivity contribution in [3.63, 3.8) is 0 Å². The number of carbonyl (C=O) groups excluding carboxylic acids is 1. The maximum absolute atomic E-state index is 12.8. The van der Waals surface area contributed by atoms with Crippen molar-refractivity contribution in [2.75, 3.05) is 0 Å². The van der Waals surface area contributed by atoms with Gasteiger partial charge >= 0.3 is 6.29 Å². The van der Waals surface area contributed by atoms with E-state index >= 15 is 0 Å². The topological polar surface area (TPSA) is 35.5 Å². The lowest BCUT2D eigenvalue weighted by Crippen LogP contribution is -2.33. The highest BCUT2D eigenvalue weighted by Gasteiger charge is 2.24. The summed E-state index contributed by atoms with van der Waals surface area (Å²) in [4.78, 5) is 12.8. The number of ketones is 1. The highest BCUT2D eigenvalue weighted by atomic mass is 35.5. The lowest BCUT2D eigenvalue weighted by Gasteiger charge is -2.19. The standard InChI is InChI=1S/C20H14Cl2O3/c21-15-6-10-17(11-7-15)24-20(19(23)14-4-2-1-3-5-14)25-18-12-8-16(22)9-13-18/h1-13,20H. The molecular formula is C20H14Cl2O3. The number of hydrogen-bond donors (Lipinski definition) is 0. The van der Waals surface area contributed by atoms with E-state index in [4.69, 9.17) is 32.7 Å². The summed E-state index contributed by atoms with van der Waals surface area (Å²) in [7, 11) is 0. The third-order valence-corrected chi connectivity index (χ3v) is 3.89. The molecule has 0 saturated heterocycles. The van der Waals surface area contributed by atoms with Crippen LogP contribution in [-0.4, -0.2) is 12.1 Å². The monoisotopic (exact) mass is 372 g/mol. The second-order valence-electron chi connectivity index (χ2n) is 5.21. The summed E-state index contributed by atoms with van der Waals surface area (Å²) in [5.74, 6) is 0.672. The van der Waals surface area contributed by atoms with Crippen LogP contribution in [0.1, 0.15) is 10.4 Å². The van der Waals surface area contributed by atoms with E-state index in [1.807, 2.05) is 6.07 Å². The fourth-order valence-corrected chi connectivity index (χ4v) is 2.40. The third kappa shape index (κ3) is 4.75. The molecule has 0 fully saturated rings. The Morgan fingerprint density at radius 3 is 1.56 bits per heavy atom. The van der Waals surface area contributed by atoms with E-state index in [2.05, 4.69) is 0 Å². The number of ether oxygens (including phenoxy) is 2. The number of rotatable bonds is 6. The first kappa shape index (κ1) is 17.3. The molecule has 0 amide bonds. The van der Waals surface area contributed by atoms with Crippen LogP contribution in [0, 0.1) is 0 Å². The average Bonchev–Trinajstić information content (AvgIpc) is 2.65.